The number of carbonyl (C=O) groups is 2. The highest BCUT2D eigenvalue weighted by molar-refractivity contribution is 7.22. The third-order valence-electron chi connectivity index (χ3n) is 5.14. The Balaban J connectivity index is 1.61. The van der Waals surface area contributed by atoms with Crippen molar-refractivity contribution in [2.45, 2.75) is 13.3 Å². The molecule has 2 aliphatic rings. The van der Waals surface area contributed by atoms with Crippen LogP contribution in [0.2, 0.25) is 0 Å². The lowest BCUT2D eigenvalue weighted by Gasteiger charge is -2.33. The lowest BCUT2D eigenvalue weighted by atomic mass is 9.74. The van der Waals surface area contributed by atoms with Crippen molar-refractivity contribution in [2.75, 3.05) is 26.3 Å². The maximum Gasteiger partial charge on any atom is 0.311 e. The molecule has 4 heterocycles. The molecule has 0 radical (unpaired) electrons. The van der Waals surface area contributed by atoms with Gasteiger partial charge in [0.1, 0.15) is 9.88 Å². The maximum absolute atomic E-state index is 13.0. The highest BCUT2D eigenvalue weighted by atomic mass is 32.1. The Labute approximate surface area is 153 Å². The summed E-state index contributed by atoms with van der Waals surface area (Å²) in [5.74, 6) is -1.09. The van der Waals surface area contributed by atoms with Gasteiger partial charge in [0.15, 0.2) is 0 Å². The van der Waals surface area contributed by atoms with Crippen molar-refractivity contribution < 1.29 is 19.4 Å². The van der Waals surface area contributed by atoms with E-state index in [1.165, 1.54) is 11.3 Å². The number of carboxylic acids is 1. The predicted octanol–water partition coefficient (Wildman–Crippen LogP) is 2.74. The van der Waals surface area contributed by atoms with Crippen LogP contribution in [0.5, 0.6) is 0 Å². The highest BCUT2D eigenvalue weighted by Gasteiger charge is 2.55. The second-order valence-electron chi connectivity index (χ2n) is 6.58. The second-order valence-corrected chi connectivity index (χ2v) is 8.53. The van der Waals surface area contributed by atoms with Crippen molar-refractivity contribution >= 4 is 34.6 Å². The number of rotatable bonds is 3. The molecular formula is C17H18N2O4S2. The van der Waals surface area contributed by atoms with Crippen LogP contribution in [0.25, 0.3) is 9.88 Å². The van der Waals surface area contributed by atoms with Crippen molar-refractivity contribution in [1.82, 2.24) is 9.88 Å². The number of hydrogen-bond acceptors (Lipinski definition) is 6. The van der Waals surface area contributed by atoms with Crippen molar-refractivity contribution in [2.24, 2.45) is 11.3 Å². The number of amides is 1. The van der Waals surface area contributed by atoms with E-state index in [-0.39, 0.29) is 18.4 Å². The van der Waals surface area contributed by atoms with Crippen LogP contribution < -0.4 is 0 Å². The van der Waals surface area contributed by atoms with Crippen LogP contribution in [-0.2, 0) is 9.53 Å². The lowest BCUT2D eigenvalue weighted by Crippen LogP contribution is -2.45. The van der Waals surface area contributed by atoms with Gasteiger partial charge in [-0.3, -0.25) is 9.59 Å². The molecule has 2 fully saturated rings. The Bertz CT molecular complexity index is 817. The summed E-state index contributed by atoms with van der Waals surface area (Å²) in [5.41, 5.74) is -0.169. The van der Waals surface area contributed by atoms with Crippen LogP contribution in [0.15, 0.2) is 17.5 Å². The van der Waals surface area contributed by atoms with Crippen LogP contribution in [0.4, 0.5) is 0 Å². The molecule has 0 saturated carbocycles. The van der Waals surface area contributed by atoms with Gasteiger partial charge in [0.2, 0.25) is 0 Å². The van der Waals surface area contributed by atoms with Crippen molar-refractivity contribution in [3.63, 3.8) is 0 Å². The molecule has 2 atom stereocenters. The summed E-state index contributed by atoms with van der Waals surface area (Å²) in [5, 5.41) is 12.6. The molecule has 4 rings (SSSR count). The summed E-state index contributed by atoms with van der Waals surface area (Å²) in [7, 11) is 0. The Kier molecular flexibility index (Phi) is 4.13. The standard InChI is InChI=1S/C17H18N2O4S2/c1-10-13(25-14(18-10)12-3-2-6-24-12)15(20)19-7-11-8-23-5-4-17(11,9-19)16(21)22/h2-3,6,11H,4-5,7-9H2,1H3,(H,21,22)/t11-,17+/m0/s1. The number of thiophene rings is 1. The first kappa shape index (κ1) is 16.7. The minimum atomic E-state index is -0.872. The first-order chi connectivity index (χ1) is 12.0. The van der Waals surface area contributed by atoms with E-state index in [9.17, 15) is 14.7 Å². The Morgan fingerprint density at radius 1 is 1.48 bits per heavy atom. The zero-order chi connectivity index (χ0) is 17.6. The number of carboxylic acid groups (broad SMARTS) is 1. The normalized spacial score (nSPS) is 25.8. The molecule has 0 aliphatic carbocycles. The van der Waals surface area contributed by atoms with Crippen molar-refractivity contribution in [3.8, 4) is 9.88 Å². The number of aliphatic carboxylic acids is 1. The number of fused-ring (bicyclic) bond motifs is 1. The molecule has 2 aromatic heterocycles. The van der Waals surface area contributed by atoms with Crippen LogP contribution in [-0.4, -0.2) is 53.2 Å². The summed E-state index contributed by atoms with van der Waals surface area (Å²) in [4.78, 5) is 32.8. The molecule has 1 amide bonds. The van der Waals surface area contributed by atoms with E-state index in [4.69, 9.17) is 4.74 Å². The molecule has 0 unspecified atom stereocenters. The minimum absolute atomic E-state index is 0.118. The minimum Gasteiger partial charge on any atom is -0.481 e. The zero-order valence-electron chi connectivity index (χ0n) is 13.7. The number of hydrogen-bond donors (Lipinski definition) is 1. The van der Waals surface area contributed by atoms with Gasteiger partial charge in [0.25, 0.3) is 5.91 Å². The number of likely N-dealkylation sites (tertiary alicyclic amines) is 1. The van der Waals surface area contributed by atoms with Crippen molar-refractivity contribution in [1.29, 1.82) is 0 Å². The van der Waals surface area contributed by atoms with Crippen LogP contribution >= 0.6 is 22.7 Å². The molecule has 6 nitrogen and oxygen atoms in total. The molecule has 2 aromatic rings. The van der Waals surface area contributed by atoms with Gasteiger partial charge in [-0.2, -0.15) is 0 Å². The second kappa shape index (κ2) is 6.19. The van der Waals surface area contributed by atoms with Gasteiger partial charge in [-0.25, -0.2) is 4.98 Å². The topological polar surface area (TPSA) is 79.7 Å². The van der Waals surface area contributed by atoms with E-state index in [1.807, 2.05) is 24.4 Å². The Hall–Kier alpha value is -1.77. The van der Waals surface area contributed by atoms with Gasteiger partial charge in [-0.1, -0.05) is 6.07 Å². The maximum atomic E-state index is 13.0. The molecule has 2 saturated heterocycles. The first-order valence-corrected chi connectivity index (χ1v) is 9.82. The molecule has 8 heteroatoms. The number of aryl methyl sites for hydroxylation is 1. The molecule has 0 aromatic carbocycles. The van der Waals surface area contributed by atoms with E-state index in [0.29, 0.717) is 36.8 Å². The van der Waals surface area contributed by atoms with Gasteiger partial charge < -0.3 is 14.7 Å². The van der Waals surface area contributed by atoms with E-state index in [0.717, 1.165) is 9.88 Å². The van der Waals surface area contributed by atoms with Gasteiger partial charge in [0, 0.05) is 25.6 Å². The Morgan fingerprint density at radius 3 is 3.00 bits per heavy atom. The smallest absolute Gasteiger partial charge is 0.311 e. The van der Waals surface area contributed by atoms with Gasteiger partial charge in [0.05, 0.1) is 22.6 Å². The molecule has 2 aliphatic heterocycles. The first-order valence-electron chi connectivity index (χ1n) is 8.13. The molecule has 25 heavy (non-hydrogen) atoms. The molecule has 132 valence electrons. The molecular weight excluding hydrogens is 360 g/mol. The average molecular weight is 378 g/mol. The van der Waals surface area contributed by atoms with E-state index >= 15 is 0 Å². The average Bonchev–Trinajstić information content (AvgIpc) is 3.32. The summed E-state index contributed by atoms with van der Waals surface area (Å²) < 4.78 is 5.46. The highest BCUT2D eigenvalue weighted by Crippen LogP contribution is 2.43. The van der Waals surface area contributed by atoms with Crippen LogP contribution in [0.3, 0.4) is 0 Å². The van der Waals surface area contributed by atoms with Crippen LogP contribution in [0.1, 0.15) is 21.8 Å². The third kappa shape index (κ3) is 2.68. The summed E-state index contributed by atoms with van der Waals surface area (Å²) in [6.45, 7) is 3.35. The molecule has 0 bridgehead atoms. The fourth-order valence-corrected chi connectivity index (χ4v) is 5.53. The van der Waals surface area contributed by atoms with E-state index < -0.39 is 11.4 Å². The predicted molar refractivity (Wildman–Crippen MR) is 95.1 cm³/mol. The molecule has 1 N–H and O–H groups in total. The fraction of sp³-hybridized carbons (Fsp3) is 0.471. The van der Waals surface area contributed by atoms with Crippen LogP contribution in [0, 0.1) is 18.3 Å². The summed E-state index contributed by atoms with van der Waals surface area (Å²) in [6, 6.07) is 3.94. The summed E-state index contributed by atoms with van der Waals surface area (Å²) >= 11 is 2.97. The van der Waals surface area contributed by atoms with Gasteiger partial charge in [-0.15, -0.1) is 22.7 Å². The number of ether oxygens (including phenoxy) is 1. The van der Waals surface area contributed by atoms with Gasteiger partial charge in [-0.05, 0) is 24.8 Å². The number of carbonyl (C=O) groups excluding carboxylic acids is 1. The third-order valence-corrected chi connectivity index (χ3v) is 7.33. The van der Waals surface area contributed by atoms with Crippen molar-refractivity contribution in [3.05, 3.63) is 28.1 Å². The zero-order valence-corrected chi connectivity index (χ0v) is 15.4. The van der Waals surface area contributed by atoms with E-state index in [2.05, 4.69) is 4.98 Å². The van der Waals surface area contributed by atoms with E-state index in [1.54, 1.807) is 16.2 Å². The lowest BCUT2D eigenvalue weighted by molar-refractivity contribution is -0.157. The summed E-state index contributed by atoms with van der Waals surface area (Å²) in [6.07, 6.45) is 0.457. The van der Waals surface area contributed by atoms with Gasteiger partial charge >= 0.3 is 5.97 Å². The Morgan fingerprint density at radius 2 is 2.32 bits per heavy atom. The number of aromatic nitrogens is 1. The number of thiazole rings is 1. The quantitative estimate of drug-likeness (QED) is 0.888. The molecule has 0 spiro atoms. The SMILES string of the molecule is Cc1nc(-c2cccs2)sc1C(=O)N1C[C@H]2COCC[C@@]2(C(=O)O)C1. The largest absolute Gasteiger partial charge is 0.481 e. The fourth-order valence-electron chi connectivity index (χ4n) is 3.70. The monoisotopic (exact) mass is 378 g/mol. The number of nitrogens with zero attached hydrogens (tertiary/aromatic N) is 2.